The van der Waals surface area contributed by atoms with Crippen molar-refractivity contribution in [1.29, 1.82) is 0 Å². The summed E-state index contributed by atoms with van der Waals surface area (Å²) in [6.45, 7) is 0. The highest BCUT2D eigenvalue weighted by Gasteiger charge is 2.32. The number of primary amides is 1. The van der Waals surface area contributed by atoms with E-state index >= 15 is 0 Å². The van der Waals surface area contributed by atoms with Gasteiger partial charge in [0, 0.05) is 29.7 Å². The summed E-state index contributed by atoms with van der Waals surface area (Å²) in [6, 6.07) is 10.7. The highest BCUT2D eigenvalue weighted by atomic mass is 19.4. The molecule has 0 saturated heterocycles. The van der Waals surface area contributed by atoms with E-state index in [2.05, 4.69) is 15.0 Å². The number of pyridine rings is 3. The number of carbonyl (C=O) groups excluding carboxylic acids is 1. The summed E-state index contributed by atoms with van der Waals surface area (Å²) < 4.78 is 40.9. The SMILES string of the molecule is NC(=O)Cc1cnc2ccc(-c3cccnc3-c3cccc(C(F)(F)F)n3)cn12. The van der Waals surface area contributed by atoms with Gasteiger partial charge in [-0.1, -0.05) is 12.1 Å². The summed E-state index contributed by atoms with van der Waals surface area (Å²) in [6.07, 6.45) is 0.260. The van der Waals surface area contributed by atoms with Gasteiger partial charge in [0.25, 0.3) is 0 Å². The number of aromatic nitrogens is 4. The summed E-state index contributed by atoms with van der Waals surface area (Å²) in [5, 5.41) is 0. The van der Waals surface area contributed by atoms with E-state index in [0.29, 0.717) is 28.2 Å². The number of amides is 1. The van der Waals surface area contributed by atoms with E-state index in [1.54, 1.807) is 41.1 Å². The molecule has 0 radical (unpaired) electrons. The fraction of sp³-hybridized carbons (Fsp3) is 0.100. The number of carbonyl (C=O) groups is 1. The van der Waals surface area contributed by atoms with Crippen molar-refractivity contribution in [3.63, 3.8) is 0 Å². The quantitative estimate of drug-likeness (QED) is 0.571. The Bertz CT molecular complexity index is 1220. The monoisotopic (exact) mass is 397 g/mol. The second-order valence-electron chi connectivity index (χ2n) is 6.34. The molecule has 4 rings (SSSR count). The Morgan fingerprint density at radius 2 is 1.90 bits per heavy atom. The van der Waals surface area contributed by atoms with Gasteiger partial charge in [-0.05, 0) is 30.3 Å². The summed E-state index contributed by atoms with van der Waals surface area (Å²) in [4.78, 5) is 23.5. The van der Waals surface area contributed by atoms with Crippen molar-refractivity contribution in [3.05, 3.63) is 72.4 Å². The molecule has 29 heavy (non-hydrogen) atoms. The van der Waals surface area contributed by atoms with Gasteiger partial charge in [0.15, 0.2) is 0 Å². The van der Waals surface area contributed by atoms with Crippen LogP contribution in [0, 0.1) is 0 Å². The molecule has 0 unspecified atom stereocenters. The Labute approximate surface area is 162 Å². The van der Waals surface area contributed by atoms with Crippen molar-refractivity contribution in [2.24, 2.45) is 5.73 Å². The number of hydrogen-bond acceptors (Lipinski definition) is 4. The molecule has 0 aliphatic carbocycles. The normalized spacial score (nSPS) is 11.7. The average Bonchev–Trinajstić information content (AvgIpc) is 3.09. The Balaban J connectivity index is 1.85. The van der Waals surface area contributed by atoms with Gasteiger partial charge in [0.05, 0.1) is 23.5 Å². The molecule has 0 aliphatic rings. The van der Waals surface area contributed by atoms with Crippen LogP contribution < -0.4 is 5.73 Å². The summed E-state index contributed by atoms with van der Waals surface area (Å²) >= 11 is 0. The minimum Gasteiger partial charge on any atom is -0.369 e. The Morgan fingerprint density at radius 3 is 2.66 bits per heavy atom. The minimum absolute atomic E-state index is 0.0136. The lowest BCUT2D eigenvalue weighted by molar-refractivity contribution is -0.141. The first-order valence-corrected chi connectivity index (χ1v) is 8.57. The lowest BCUT2D eigenvalue weighted by atomic mass is 10.0. The average molecular weight is 397 g/mol. The number of alkyl halides is 3. The molecule has 9 heteroatoms. The number of rotatable bonds is 4. The van der Waals surface area contributed by atoms with E-state index in [1.807, 2.05) is 0 Å². The highest BCUT2D eigenvalue weighted by Crippen LogP contribution is 2.33. The maximum Gasteiger partial charge on any atom is 0.433 e. The van der Waals surface area contributed by atoms with Gasteiger partial charge < -0.3 is 10.1 Å². The van der Waals surface area contributed by atoms with Crippen LogP contribution in [0.4, 0.5) is 13.2 Å². The van der Waals surface area contributed by atoms with Gasteiger partial charge >= 0.3 is 6.18 Å². The molecule has 0 aliphatic heterocycles. The van der Waals surface area contributed by atoms with Crippen molar-refractivity contribution in [2.75, 3.05) is 0 Å². The Kier molecular flexibility index (Phi) is 4.50. The third-order valence-electron chi connectivity index (χ3n) is 4.34. The number of nitrogens with zero attached hydrogens (tertiary/aromatic N) is 4. The molecule has 2 N–H and O–H groups in total. The van der Waals surface area contributed by atoms with Gasteiger partial charge in [-0.25, -0.2) is 9.97 Å². The standard InChI is InChI=1S/C20H14F3N5O/c21-20(22,23)16-5-1-4-15(27-16)19-14(3-2-8-25-19)12-6-7-18-26-10-13(9-17(24)29)28(18)11-12/h1-8,10-11H,9H2,(H2,24,29). The van der Waals surface area contributed by atoms with E-state index in [1.165, 1.54) is 18.3 Å². The molecule has 4 aromatic rings. The molecular formula is C20H14F3N5O. The number of nitrogens with two attached hydrogens (primary N) is 1. The van der Waals surface area contributed by atoms with Crippen LogP contribution in [0.2, 0.25) is 0 Å². The molecule has 0 fully saturated rings. The minimum atomic E-state index is -4.55. The highest BCUT2D eigenvalue weighted by molar-refractivity contribution is 5.80. The summed E-state index contributed by atoms with van der Waals surface area (Å²) in [5.74, 6) is -0.493. The number of hydrogen-bond donors (Lipinski definition) is 1. The first kappa shape index (κ1) is 18.6. The maximum atomic E-state index is 13.1. The van der Waals surface area contributed by atoms with Crippen LogP contribution in [0.25, 0.3) is 28.2 Å². The second kappa shape index (κ2) is 7.01. The molecule has 6 nitrogen and oxygen atoms in total. The van der Waals surface area contributed by atoms with Crippen LogP contribution in [0.1, 0.15) is 11.4 Å². The van der Waals surface area contributed by atoms with Crippen LogP contribution in [-0.2, 0) is 17.4 Å². The van der Waals surface area contributed by atoms with Crippen molar-refractivity contribution in [2.45, 2.75) is 12.6 Å². The van der Waals surface area contributed by atoms with Gasteiger partial charge in [-0.2, -0.15) is 13.2 Å². The Hall–Kier alpha value is -3.75. The number of fused-ring (bicyclic) bond motifs is 1. The fourth-order valence-electron chi connectivity index (χ4n) is 3.07. The Morgan fingerprint density at radius 1 is 1.07 bits per heavy atom. The zero-order valence-electron chi connectivity index (χ0n) is 14.9. The molecule has 0 aromatic carbocycles. The zero-order valence-corrected chi connectivity index (χ0v) is 14.9. The molecule has 0 atom stereocenters. The van der Waals surface area contributed by atoms with E-state index in [0.717, 1.165) is 6.07 Å². The molecule has 0 bridgehead atoms. The molecular weight excluding hydrogens is 383 g/mol. The third kappa shape index (κ3) is 3.66. The lowest BCUT2D eigenvalue weighted by Gasteiger charge is -2.11. The smallest absolute Gasteiger partial charge is 0.369 e. The van der Waals surface area contributed by atoms with Crippen LogP contribution in [0.3, 0.4) is 0 Å². The predicted octanol–water partition coefficient (Wildman–Crippen LogP) is 3.50. The predicted molar refractivity (Wildman–Crippen MR) is 99.6 cm³/mol. The summed E-state index contributed by atoms with van der Waals surface area (Å²) in [7, 11) is 0. The summed E-state index contributed by atoms with van der Waals surface area (Å²) in [5.41, 5.74) is 7.23. The fourth-order valence-corrected chi connectivity index (χ4v) is 3.07. The van der Waals surface area contributed by atoms with E-state index < -0.39 is 17.8 Å². The van der Waals surface area contributed by atoms with E-state index in [9.17, 15) is 18.0 Å². The molecule has 0 saturated carbocycles. The van der Waals surface area contributed by atoms with Crippen molar-refractivity contribution < 1.29 is 18.0 Å². The van der Waals surface area contributed by atoms with Crippen molar-refractivity contribution >= 4 is 11.6 Å². The van der Waals surface area contributed by atoms with Crippen molar-refractivity contribution in [1.82, 2.24) is 19.4 Å². The molecule has 0 spiro atoms. The van der Waals surface area contributed by atoms with E-state index in [-0.39, 0.29) is 12.1 Å². The third-order valence-corrected chi connectivity index (χ3v) is 4.34. The zero-order chi connectivity index (χ0) is 20.6. The van der Waals surface area contributed by atoms with E-state index in [4.69, 9.17) is 5.73 Å². The second-order valence-corrected chi connectivity index (χ2v) is 6.34. The van der Waals surface area contributed by atoms with Crippen LogP contribution in [-0.4, -0.2) is 25.3 Å². The van der Waals surface area contributed by atoms with Gasteiger partial charge in [-0.15, -0.1) is 0 Å². The maximum absolute atomic E-state index is 13.1. The first-order valence-electron chi connectivity index (χ1n) is 8.57. The van der Waals surface area contributed by atoms with Crippen LogP contribution in [0.15, 0.2) is 61.1 Å². The first-order chi connectivity index (χ1) is 13.8. The molecule has 1 amide bonds. The van der Waals surface area contributed by atoms with Crippen LogP contribution >= 0.6 is 0 Å². The van der Waals surface area contributed by atoms with Crippen LogP contribution in [0.5, 0.6) is 0 Å². The lowest BCUT2D eigenvalue weighted by Crippen LogP contribution is -2.14. The molecule has 4 aromatic heterocycles. The van der Waals surface area contributed by atoms with Gasteiger partial charge in [0.2, 0.25) is 5.91 Å². The molecule has 146 valence electrons. The van der Waals surface area contributed by atoms with Crippen molar-refractivity contribution in [3.8, 4) is 22.5 Å². The van der Waals surface area contributed by atoms with Gasteiger partial charge in [0.1, 0.15) is 11.3 Å². The largest absolute Gasteiger partial charge is 0.433 e. The number of halogens is 3. The molecule has 4 heterocycles. The number of imidazole rings is 1. The topological polar surface area (TPSA) is 86.2 Å². The van der Waals surface area contributed by atoms with Gasteiger partial charge in [-0.3, -0.25) is 9.78 Å².